The Labute approximate surface area is 147 Å². The summed E-state index contributed by atoms with van der Waals surface area (Å²) in [6.07, 6.45) is 3.65. The van der Waals surface area contributed by atoms with Crippen molar-refractivity contribution < 1.29 is 19.1 Å². The topological polar surface area (TPSA) is 87.7 Å². The van der Waals surface area contributed by atoms with Gasteiger partial charge in [0, 0.05) is 24.7 Å². The van der Waals surface area contributed by atoms with Gasteiger partial charge < -0.3 is 9.64 Å². The lowest BCUT2D eigenvalue weighted by atomic mass is 10.2. The van der Waals surface area contributed by atoms with E-state index in [1.54, 1.807) is 31.7 Å². The van der Waals surface area contributed by atoms with Crippen LogP contribution in [0, 0.1) is 0 Å². The minimum absolute atomic E-state index is 0.135. The number of carbonyl (C=O) groups excluding carboxylic acids is 3. The summed E-state index contributed by atoms with van der Waals surface area (Å²) in [4.78, 5) is 36.6. The summed E-state index contributed by atoms with van der Waals surface area (Å²) < 4.78 is 5.00. The fraction of sp³-hybridized carbons (Fsp3) is 0.389. The first-order valence-corrected chi connectivity index (χ1v) is 8.12. The van der Waals surface area contributed by atoms with E-state index >= 15 is 0 Å². The summed E-state index contributed by atoms with van der Waals surface area (Å²) in [6.45, 7) is 5.93. The van der Waals surface area contributed by atoms with Crippen LogP contribution < -0.4 is 15.8 Å². The number of ether oxygens (including phenoxy) is 1. The number of nitrogens with zero attached hydrogens (tertiary/aromatic N) is 1. The fourth-order valence-corrected chi connectivity index (χ4v) is 2.32. The number of amides is 3. The quantitative estimate of drug-likeness (QED) is 0.650. The average molecular weight is 345 g/mol. The molecule has 1 aliphatic heterocycles. The molecule has 2 N–H and O–H groups in total. The van der Waals surface area contributed by atoms with Crippen LogP contribution in [0.15, 0.2) is 30.3 Å². The molecular formula is C18H23N3O4. The minimum atomic E-state index is -0.728. The number of carbonyl (C=O) groups is 3. The van der Waals surface area contributed by atoms with Crippen molar-refractivity contribution in [2.24, 2.45) is 0 Å². The molecule has 0 spiro atoms. The van der Waals surface area contributed by atoms with Gasteiger partial charge in [-0.1, -0.05) is 12.1 Å². The zero-order valence-electron chi connectivity index (χ0n) is 14.7. The number of hydrazine groups is 1. The molecule has 3 amide bonds. The second-order valence-corrected chi connectivity index (χ2v) is 6.69. The van der Waals surface area contributed by atoms with Crippen LogP contribution in [-0.4, -0.2) is 30.1 Å². The zero-order chi connectivity index (χ0) is 18.4. The molecule has 1 aliphatic rings. The Balaban J connectivity index is 1.83. The van der Waals surface area contributed by atoms with Gasteiger partial charge in [-0.2, -0.15) is 0 Å². The fourth-order valence-electron chi connectivity index (χ4n) is 2.32. The van der Waals surface area contributed by atoms with Crippen molar-refractivity contribution in [3.05, 3.63) is 35.9 Å². The van der Waals surface area contributed by atoms with Crippen molar-refractivity contribution in [3.63, 3.8) is 0 Å². The Kier molecular flexibility index (Phi) is 5.80. The Hall–Kier alpha value is -2.83. The number of hydrogen-bond acceptors (Lipinski definition) is 4. The largest absolute Gasteiger partial charge is 0.443 e. The van der Waals surface area contributed by atoms with Crippen molar-refractivity contribution in [1.29, 1.82) is 0 Å². The molecule has 0 bridgehead atoms. The first-order valence-electron chi connectivity index (χ1n) is 8.12. The van der Waals surface area contributed by atoms with E-state index in [9.17, 15) is 14.4 Å². The summed E-state index contributed by atoms with van der Waals surface area (Å²) in [5.74, 6) is -0.347. The van der Waals surface area contributed by atoms with Gasteiger partial charge >= 0.3 is 6.09 Å². The van der Waals surface area contributed by atoms with E-state index in [4.69, 9.17) is 4.74 Å². The van der Waals surface area contributed by atoms with Gasteiger partial charge in [0.2, 0.25) is 5.91 Å². The zero-order valence-corrected chi connectivity index (χ0v) is 14.7. The monoisotopic (exact) mass is 345 g/mol. The highest BCUT2D eigenvalue weighted by molar-refractivity contribution is 5.95. The summed E-state index contributed by atoms with van der Waals surface area (Å²) in [5.41, 5.74) is 5.43. The molecule has 0 unspecified atom stereocenters. The van der Waals surface area contributed by atoms with E-state index in [0.29, 0.717) is 6.42 Å². The van der Waals surface area contributed by atoms with Crippen molar-refractivity contribution in [1.82, 2.24) is 10.9 Å². The lowest BCUT2D eigenvalue weighted by Crippen LogP contribution is -2.43. The van der Waals surface area contributed by atoms with Crippen molar-refractivity contribution in [2.75, 3.05) is 11.4 Å². The molecule has 2 rings (SSSR count). The van der Waals surface area contributed by atoms with E-state index in [2.05, 4.69) is 10.9 Å². The molecule has 134 valence electrons. The second kappa shape index (κ2) is 7.83. The molecule has 0 radical (unpaired) electrons. The predicted octanol–water partition coefficient (Wildman–Crippen LogP) is 2.38. The van der Waals surface area contributed by atoms with Gasteiger partial charge in [0.05, 0.1) is 0 Å². The highest BCUT2D eigenvalue weighted by Crippen LogP contribution is 2.21. The molecule has 0 saturated carbocycles. The summed E-state index contributed by atoms with van der Waals surface area (Å²) >= 11 is 0. The molecule has 7 heteroatoms. The molecular weight excluding hydrogens is 322 g/mol. The molecule has 1 heterocycles. The van der Waals surface area contributed by atoms with E-state index < -0.39 is 17.6 Å². The molecule has 1 fully saturated rings. The van der Waals surface area contributed by atoms with Crippen LogP contribution in [0.2, 0.25) is 0 Å². The molecule has 0 aromatic heterocycles. The lowest BCUT2D eigenvalue weighted by molar-refractivity contribution is -0.118. The van der Waals surface area contributed by atoms with E-state index in [0.717, 1.165) is 24.2 Å². The number of nitrogens with one attached hydrogen (secondary N) is 2. The van der Waals surface area contributed by atoms with Crippen LogP contribution in [0.4, 0.5) is 10.5 Å². The van der Waals surface area contributed by atoms with E-state index in [1.165, 1.54) is 6.08 Å². The Bertz CT molecular complexity index is 675. The maximum atomic E-state index is 11.7. The molecule has 1 aromatic carbocycles. The number of hydrogen-bond donors (Lipinski definition) is 2. The number of anilines is 1. The first kappa shape index (κ1) is 18.5. The van der Waals surface area contributed by atoms with Crippen LogP contribution >= 0.6 is 0 Å². The van der Waals surface area contributed by atoms with Gasteiger partial charge in [0.25, 0.3) is 5.91 Å². The second-order valence-electron chi connectivity index (χ2n) is 6.69. The third-order valence-corrected chi connectivity index (χ3v) is 3.39. The SMILES string of the molecule is CC(C)(C)OC(=O)NNC(=O)/C=C/c1ccc(N2CCCC2=O)cc1. The maximum absolute atomic E-state index is 11.7. The minimum Gasteiger partial charge on any atom is -0.443 e. The van der Waals surface area contributed by atoms with Gasteiger partial charge in [0.15, 0.2) is 0 Å². The average Bonchev–Trinajstić information content (AvgIpc) is 2.96. The van der Waals surface area contributed by atoms with Crippen molar-refractivity contribution >= 4 is 29.7 Å². The van der Waals surface area contributed by atoms with Crippen LogP contribution in [0.25, 0.3) is 6.08 Å². The smallest absolute Gasteiger partial charge is 0.426 e. The van der Waals surface area contributed by atoms with Gasteiger partial charge in [-0.05, 0) is 51.0 Å². The van der Waals surface area contributed by atoms with Gasteiger partial charge in [-0.15, -0.1) is 0 Å². The molecule has 1 aromatic rings. The van der Waals surface area contributed by atoms with Crippen LogP contribution in [0.1, 0.15) is 39.2 Å². The number of benzene rings is 1. The molecule has 7 nitrogen and oxygen atoms in total. The van der Waals surface area contributed by atoms with Gasteiger partial charge in [-0.25, -0.2) is 10.2 Å². The predicted molar refractivity (Wildman–Crippen MR) is 94.6 cm³/mol. The molecule has 0 aliphatic carbocycles. The Morgan fingerprint density at radius 3 is 2.40 bits per heavy atom. The number of rotatable bonds is 3. The Morgan fingerprint density at radius 1 is 1.16 bits per heavy atom. The highest BCUT2D eigenvalue weighted by atomic mass is 16.6. The van der Waals surface area contributed by atoms with Gasteiger partial charge in [-0.3, -0.25) is 15.0 Å². The van der Waals surface area contributed by atoms with Crippen molar-refractivity contribution in [2.45, 2.75) is 39.2 Å². The van der Waals surface area contributed by atoms with Crippen LogP contribution in [0.3, 0.4) is 0 Å². The van der Waals surface area contributed by atoms with Crippen LogP contribution in [-0.2, 0) is 14.3 Å². The van der Waals surface area contributed by atoms with Crippen molar-refractivity contribution in [3.8, 4) is 0 Å². The molecule has 1 saturated heterocycles. The highest BCUT2D eigenvalue weighted by Gasteiger charge is 2.21. The third-order valence-electron chi connectivity index (χ3n) is 3.39. The maximum Gasteiger partial charge on any atom is 0.426 e. The standard InChI is InChI=1S/C18H23N3O4/c1-18(2,3)25-17(24)20-19-15(22)11-8-13-6-9-14(10-7-13)21-12-4-5-16(21)23/h6-11H,4-5,12H2,1-3H3,(H,19,22)(H,20,24)/b11-8+. The van der Waals surface area contributed by atoms with E-state index in [-0.39, 0.29) is 5.91 Å². The molecule has 25 heavy (non-hydrogen) atoms. The summed E-state index contributed by atoms with van der Waals surface area (Å²) in [7, 11) is 0. The van der Waals surface area contributed by atoms with Crippen LogP contribution in [0.5, 0.6) is 0 Å². The lowest BCUT2D eigenvalue weighted by Gasteiger charge is -2.19. The molecule has 0 atom stereocenters. The third kappa shape index (κ3) is 5.95. The van der Waals surface area contributed by atoms with E-state index in [1.807, 2.05) is 24.3 Å². The van der Waals surface area contributed by atoms with Gasteiger partial charge in [0.1, 0.15) is 5.60 Å². The Morgan fingerprint density at radius 2 is 1.84 bits per heavy atom. The summed E-state index contributed by atoms with van der Waals surface area (Å²) in [6, 6.07) is 7.34. The normalized spacial score (nSPS) is 14.7. The first-order chi connectivity index (χ1) is 11.7. The summed E-state index contributed by atoms with van der Waals surface area (Å²) in [5, 5.41) is 0.